The molecule has 0 spiro atoms. The van der Waals surface area contributed by atoms with Gasteiger partial charge in [-0.05, 0) is 90.5 Å². The van der Waals surface area contributed by atoms with Crippen molar-refractivity contribution in [2.24, 2.45) is 11.8 Å². The molecule has 1 amide bonds. The Morgan fingerprint density at radius 1 is 1.23 bits per heavy atom. The van der Waals surface area contributed by atoms with Crippen molar-refractivity contribution < 1.29 is 4.79 Å². The summed E-state index contributed by atoms with van der Waals surface area (Å²) in [6.07, 6.45) is 14.4. The Bertz CT molecular complexity index is 1500. The number of nitrogens with one attached hydrogen (secondary N) is 3. The molecular weight excluding hydrogens is 516 g/mol. The molecule has 2 aromatic heterocycles. The van der Waals surface area contributed by atoms with Crippen molar-refractivity contribution in [2.75, 3.05) is 6.26 Å². The molecule has 0 radical (unpaired) electrons. The zero-order chi connectivity index (χ0) is 28.6. The van der Waals surface area contributed by atoms with Gasteiger partial charge in [0.25, 0.3) is 11.5 Å². The second-order valence-electron chi connectivity index (χ2n) is 12.2. The molecule has 2 saturated carbocycles. The van der Waals surface area contributed by atoms with Gasteiger partial charge in [-0.15, -0.1) is 24.1 Å². The number of aryl methyl sites for hydroxylation is 1. The topological polar surface area (TPSA) is 78.9 Å². The van der Waals surface area contributed by atoms with E-state index in [1.54, 1.807) is 0 Å². The fourth-order valence-corrected chi connectivity index (χ4v) is 7.91. The van der Waals surface area contributed by atoms with Gasteiger partial charge in [0.1, 0.15) is 0 Å². The van der Waals surface area contributed by atoms with Gasteiger partial charge in [-0.25, -0.2) is 0 Å². The maximum Gasteiger partial charge on any atom is 0.254 e. The maximum absolute atomic E-state index is 13.6. The molecule has 6 nitrogen and oxygen atoms in total. The zero-order valence-electron chi connectivity index (χ0n) is 24.4. The van der Waals surface area contributed by atoms with Gasteiger partial charge in [-0.2, -0.15) is 0 Å². The molecule has 0 saturated heterocycles. The third-order valence-corrected chi connectivity index (χ3v) is 10.1. The molecule has 2 aliphatic carbocycles. The number of fused-ring (bicyclic) bond motifs is 1. The van der Waals surface area contributed by atoms with Crippen LogP contribution in [0.1, 0.15) is 85.7 Å². The summed E-state index contributed by atoms with van der Waals surface area (Å²) in [7, 11) is 0. The van der Waals surface area contributed by atoms with E-state index in [0.29, 0.717) is 29.0 Å². The zero-order valence-corrected chi connectivity index (χ0v) is 25.2. The number of para-hydroxylation sites is 1. The Hall–Kier alpha value is -2.95. The van der Waals surface area contributed by atoms with Crippen LogP contribution in [0.25, 0.3) is 10.9 Å². The van der Waals surface area contributed by atoms with Gasteiger partial charge >= 0.3 is 0 Å². The second-order valence-corrected chi connectivity index (χ2v) is 13.0. The van der Waals surface area contributed by atoms with Crippen LogP contribution in [0, 0.1) is 38.0 Å². The highest BCUT2D eigenvalue weighted by atomic mass is 32.2. The lowest BCUT2D eigenvalue weighted by Crippen LogP contribution is -2.56. The first-order valence-corrected chi connectivity index (χ1v) is 15.7. The molecule has 2 heterocycles. The number of carbonyl (C=O) groups is 1. The van der Waals surface area contributed by atoms with E-state index in [-0.39, 0.29) is 29.6 Å². The highest BCUT2D eigenvalue weighted by Crippen LogP contribution is 2.41. The molecule has 0 aliphatic heterocycles. The average Bonchev–Trinajstić information content (AvgIpc) is 3.22. The van der Waals surface area contributed by atoms with E-state index < -0.39 is 0 Å². The summed E-state index contributed by atoms with van der Waals surface area (Å²) < 4.78 is 2.37. The minimum absolute atomic E-state index is 0.140. The van der Waals surface area contributed by atoms with E-state index in [1.807, 2.05) is 37.4 Å². The first-order valence-electron chi connectivity index (χ1n) is 14.5. The van der Waals surface area contributed by atoms with Gasteiger partial charge in [0.15, 0.2) is 0 Å². The summed E-state index contributed by atoms with van der Waals surface area (Å²) in [6.45, 7) is 8.74. The van der Waals surface area contributed by atoms with Crippen molar-refractivity contribution in [3.63, 3.8) is 0 Å². The Labute approximate surface area is 242 Å². The molecular formula is C33H42N4O2S. The Kier molecular flexibility index (Phi) is 8.22. The van der Waals surface area contributed by atoms with Gasteiger partial charge in [0.2, 0.25) is 0 Å². The summed E-state index contributed by atoms with van der Waals surface area (Å²) in [6, 6.07) is 11.0. The summed E-state index contributed by atoms with van der Waals surface area (Å²) >= 11 is 1.52. The van der Waals surface area contributed by atoms with Crippen LogP contribution in [0.5, 0.6) is 0 Å². The quantitative estimate of drug-likeness (QED) is 0.230. The van der Waals surface area contributed by atoms with Crippen molar-refractivity contribution in [3.8, 4) is 12.3 Å². The Morgan fingerprint density at radius 2 is 1.93 bits per heavy atom. The first-order chi connectivity index (χ1) is 19.1. The van der Waals surface area contributed by atoms with E-state index in [4.69, 9.17) is 6.42 Å². The number of amides is 1. The van der Waals surface area contributed by atoms with Crippen LogP contribution in [0.2, 0.25) is 0 Å². The van der Waals surface area contributed by atoms with Gasteiger partial charge in [0, 0.05) is 62.8 Å². The molecule has 2 aliphatic rings. The lowest BCUT2D eigenvalue weighted by atomic mass is 9.69. The SMILES string of the molecule is C#CC1CC(C)(NC2CCC([C@@H](C)n3c(C)c(C(=O)NCc4c(SC)cc(C)[nH]c4=O)c4ccccc43)CC2)C1. The fourth-order valence-electron chi connectivity index (χ4n) is 7.21. The van der Waals surface area contributed by atoms with E-state index in [1.165, 1.54) is 24.6 Å². The van der Waals surface area contributed by atoms with Crippen LogP contribution >= 0.6 is 11.8 Å². The molecule has 0 bridgehead atoms. The Morgan fingerprint density at radius 3 is 2.60 bits per heavy atom. The molecule has 1 aromatic carbocycles. The molecule has 7 heteroatoms. The first kappa shape index (κ1) is 28.6. The smallest absolute Gasteiger partial charge is 0.254 e. The van der Waals surface area contributed by atoms with Crippen LogP contribution in [0.3, 0.4) is 0 Å². The van der Waals surface area contributed by atoms with Crippen LogP contribution < -0.4 is 16.2 Å². The highest BCUT2D eigenvalue weighted by Gasteiger charge is 2.41. The number of aromatic amines is 1. The lowest BCUT2D eigenvalue weighted by molar-refractivity contribution is 0.0951. The molecule has 3 N–H and O–H groups in total. The van der Waals surface area contributed by atoms with Crippen LogP contribution in [-0.4, -0.2) is 33.3 Å². The van der Waals surface area contributed by atoms with E-state index >= 15 is 0 Å². The number of H-pyrrole nitrogens is 1. The summed E-state index contributed by atoms with van der Waals surface area (Å²) in [5.41, 5.74) is 4.23. The summed E-state index contributed by atoms with van der Waals surface area (Å²) in [5.74, 6) is 3.74. The van der Waals surface area contributed by atoms with Gasteiger partial charge < -0.3 is 20.2 Å². The molecule has 40 heavy (non-hydrogen) atoms. The fraction of sp³-hybridized carbons (Fsp3) is 0.515. The number of hydrogen-bond donors (Lipinski definition) is 3. The predicted octanol–water partition coefficient (Wildman–Crippen LogP) is 6.11. The molecule has 2 fully saturated rings. The van der Waals surface area contributed by atoms with Gasteiger partial charge in [-0.3, -0.25) is 9.59 Å². The van der Waals surface area contributed by atoms with Crippen molar-refractivity contribution in [1.82, 2.24) is 20.2 Å². The molecule has 212 valence electrons. The van der Waals surface area contributed by atoms with Crippen molar-refractivity contribution in [2.45, 2.75) is 95.3 Å². The number of nitrogens with zero attached hydrogens (tertiary/aromatic N) is 1. The van der Waals surface area contributed by atoms with E-state index in [9.17, 15) is 9.59 Å². The summed E-state index contributed by atoms with van der Waals surface area (Å²) in [5, 5.41) is 7.93. The largest absolute Gasteiger partial charge is 0.348 e. The number of pyridine rings is 1. The third kappa shape index (κ3) is 5.49. The van der Waals surface area contributed by atoms with Gasteiger partial charge in [-0.1, -0.05) is 18.2 Å². The van der Waals surface area contributed by atoms with Crippen LogP contribution in [-0.2, 0) is 6.54 Å². The normalized spacial score (nSPS) is 25.2. The number of terminal acetylenes is 1. The molecule has 5 rings (SSSR count). The Balaban J connectivity index is 1.32. The van der Waals surface area contributed by atoms with E-state index in [2.05, 4.69) is 52.9 Å². The average molecular weight is 559 g/mol. The number of benzene rings is 1. The number of rotatable bonds is 8. The van der Waals surface area contributed by atoms with Crippen LogP contribution in [0.15, 0.2) is 40.0 Å². The maximum atomic E-state index is 13.6. The lowest BCUT2D eigenvalue weighted by Gasteiger charge is -2.47. The minimum atomic E-state index is -0.148. The third-order valence-electron chi connectivity index (χ3n) is 9.30. The number of thioether (sulfide) groups is 1. The van der Waals surface area contributed by atoms with Gasteiger partial charge in [0.05, 0.1) is 5.56 Å². The predicted molar refractivity (Wildman–Crippen MR) is 165 cm³/mol. The second kappa shape index (κ2) is 11.5. The number of aromatic nitrogens is 2. The number of hydrogen-bond acceptors (Lipinski definition) is 4. The summed E-state index contributed by atoms with van der Waals surface area (Å²) in [4.78, 5) is 30.0. The molecule has 0 unspecified atom stereocenters. The van der Waals surface area contributed by atoms with Crippen molar-refractivity contribution >= 4 is 28.6 Å². The highest BCUT2D eigenvalue weighted by molar-refractivity contribution is 7.98. The van der Waals surface area contributed by atoms with E-state index in [0.717, 1.165) is 52.9 Å². The monoisotopic (exact) mass is 558 g/mol. The van der Waals surface area contributed by atoms with Crippen molar-refractivity contribution in [1.29, 1.82) is 0 Å². The molecule has 1 atom stereocenters. The minimum Gasteiger partial charge on any atom is -0.348 e. The molecule has 3 aromatic rings. The van der Waals surface area contributed by atoms with Crippen molar-refractivity contribution in [3.05, 3.63) is 63.2 Å². The number of carbonyl (C=O) groups excluding carboxylic acids is 1. The van der Waals surface area contributed by atoms with Crippen LogP contribution in [0.4, 0.5) is 0 Å². The standard InChI is InChI=1S/C33H42N4O2S/c1-7-23-17-33(5,18-23)36-25-14-12-24(13-15-25)21(3)37-22(4)30(26-10-8-9-11-28(26)37)32(39)34-19-27-29(40-6)16-20(2)35-31(27)38/h1,8-11,16,21,23-25,36H,12-15,17-19H2,2-6H3,(H,34,39)(H,35,38)/t21-,23?,24?,25?,33?/m1/s1.